The summed E-state index contributed by atoms with van der Waals surface area (Å²) in [5.74, 6) is 0.0941. The number of carbonyl (C=O) groups excluding carboxylic acids is 1. The average Bonchev–Trinajstić information content (AvgIpc) is 2.62. The predicted molar refractivity (Wildman–Crippen MR) is 109 cm³/mol. The highest BCUT2D eigenvalue weighted by atomic mass is 79.9. The molecule has 1 heterocycles. The Kier molecular flexibility index (Phi) is 15.5. The molecule has 0 saturated carbocycles. The van der Waals surface area contributed by atoms with Crippen molar-refractivity contribution in [1.29, 1.82) is 0 Å². The van der Waals surface area contributed by atoms with Crippen molar-refractivity contribution < 1.29 is 26.3 Å². The van der Waals surface area contributed by atoms with Gasteiger partial charge in [-0.25, -0.2) is 0 Å². The van der Waals surface area contributed by atoms with Gasteiger partial charge in [0.2, 0.25) is 5.91 Å². The summed E-state index contributed by atoms with van der Waals surface area (Å²) < 4.78 is 1.14. The van der Waals surface area contributed by atoms with Crippen molar-refractivity contribution in [3.8, 4) is 0 Å². The zero-order valence-corrected chi connectivity index (χ0v) is 19.1. The fourth-order valence-corrected chi connectivity index (χ4v) is 3.86. The summed E-state index contributed by atoms with van der Waals surface area (Å²) in [5.41, 5.74) is 0. The van der Waals surface area contributed by atoms with E-state index in [1.54, 1.807) is 0 Å². The summed E-state index contributed by atoms with van der Waals surface area (Å²) in [6, 6.07) is 0. The minimum Gasteiger partial charge on any atom is -1.00 e. The summed E-state index contributed by atoms with van der Waals surface area (Å²) in [5, 5.41) is 0. The van der Waals surface area contributed by atoms with Crippen molar-refractivity contribution in [3.63, 3.8) is 0 Å². The zero-order chi connectivity index (χ0) is 18.4. The molecular formula is C22H43BrN2O. The molecule has 0 aromatic rings. The number of halogens is 1. The molecule has 1 amide bonds. The Labute approximate surface area is 173 Å². The van der Waals surface area contributed by atoms with Gasteiger partial charge in [0.15, 0.2) is 0 Å². The SMILES string of the molecule is C=CC(=O)N1CC[N+](C)(CCCCCCCCCCCCCC)CC1.[Br-]. The van der Waals surface area contributed by atoms with Crippen LogP contribution in [0.3, 0.4) is 0 Å². The third-order valence-electron chi connectivity index (χ3n) is 5.86. The first-order chi connectivity index (χ1) is 12.1. The maximum atomic E-state index is 11.7. The minimum absolute atomic E-state index is 0. The predicted octanol–water partition coefficient (Wildman–Crippen LogP) is 2.17. The normalized spacial score (nSPS) is 16.2. The van der Waals surface area contributed by atoms with E-state index in [1.165, 1.54) is 89.7 Å². The molecule has 0 bridgehead atoms. The largest absolute Gasteiger partial charge is 1.00 e. The standard InChI is InChI=1S/C22H43N2O.BrH/c1-4-6-7-8-9-10-11-12-13-14-15-16-19-24(3)20-17-23(18-21-24)22(25)5-2;/h5H,2,4,6-21H2,1,3H3;1H/q+1;/p-1. The van der Waals surface area contributed by atoms with Crippen LogP contribution >= 0.6 is 0 Å². The monoisotopic (exact) mass is 430 g/mol. The molecule has 0 atom stereocenters. The van der Waals surface area contributed by atoms with Gasteiger partial charge in [0.1, 0.15) is 0 Å². The number of hydrogen-bond donors (Lipinski definition) is 0. The molecule has 26 heavy (non-hydrogen) atoms. The number of piperazine rings is 1. The molecule has 3 nitrogen and oxygen atoms in total. The summed E-state index contributed by atoms with van der Waals surface area (Å²) in [4.78, 5) is 13.6. The molecule has 1 saturated heterocycles. The van der Waals surface area contributed by atoms with Crippen LogP contribution in [0.5, 0.6) is 0 Å². The number of carbonyl (C=O) groups is 1. The van der Waals surface area contributed by atoms with E-state index in [0.717, 1.165) is 30.7 Å². The highest BCUT2D eigenvalue weighted by Gasteiger charge is 2.29. The first kappa shape index (κ1) is 25.6. The van der Waals surface area contributed by atoms with E-state index in [9.17, 15) is 4.79 Å². The molecule has 0 aromatic carbocycles. The van der Waals surface area contributed by atoms with Crippen molar-refractivity contribution in [2.24, 2.45) is 0 Å². The van der Waals surface area contributed by atoms with Crippen LogP contribution in [-0.2, 0) is 4.79 Å². The molecule has 0 N–H and O–H groups in total. The van der Waals surface area contributed by atoms with Gasteiger partial charge >= 0.3 is 0 Å². The van der Waals surface area contributed by atoms with Crippen molar-refractivity contribution in [2.75, 3.05) is 39.8 Å². The lowest BCUT2D eigenvalue weighted by atomic mass is 10.0. The number of quaternary nitrogens is 1. The number of hydrogen-bond acceptors (Lipinski definition) is 1. The van der Waals surface area contributed by atoms with Crippen molar-refractivity contribution in [2.45, 2.75) is 84.0 Å². The number of nitrogens with zero attached hydrogens (tertiary/aromatic N) is 2. The average molecular weight is 432 g/mol. The van der Waals surface area contributed by atoms with E-state index >= 15 is 0 Å². The van der Waals surface area contributed by atoms with Gasteiger partial charge in [0.25, 0.3) is 0 Å². The minimum atomic E-state index is 0. The molecule has 0 spiro atoms. The summed E-state index contributed by atoms with van der Waals surface area (Å²) in [6.07, 6.45) is 18.4. The van der Waals surface area contributed by atoms with Gasteiger partial charge in [-0.1, -0.05) is 77.7 Å². The lowest BCUT2D eigenvalue weighted by Crippen LogP contribution is -3.00. The van der Waals surface area contributed by atoms with Crippen LogP contribution in [0.1, 0.15) is 84.0 Å². The molecule has 4 heteroatoms. The quantitative estimate of drug-likeness (QED) is 0.235. The molecule has 0 radical (unpaired) electrons. The first-order valence-corrected chi connectivity index (χ1v) is 10.9. The second-order valence-corrected chi connectivity index (χ2v) is 8.21. The van der Waals surface area contributed by atoms with Gasteiger partial charge in [0, 0.05) is 0 Å². The molecule has 1 rings (SSSR count). The van der Waals surface area contributed by atoms with E-state index < -0.39 is 0 Å². The van der Waals surface area contributed by atoms with Gasteiger partial charge in [0.05, 0.1) is 39.8 Å². The summed E-state index contributed by atoms with van der Waals surface area (Å²) >= 11 is 0. The second-order valence-electron chi connectivity index (χ2n) is 8.21. The maximum absolute atomic E-state index is 11.7. The van der Waals surface area contributed by atoms with Crippen LogP contribution < -0.4 is 17.0 Å². The Bertz CT molecular complexity index is 365. The number of rotatable bonds is 14. The number of amides is 1. The fourth-order valence-electron chi connectivity index (χ4n) is 3.86. The van der Waals surface area contributed by atoms with E-state index in [0.29, 0.717) is 0 Å². The van der Waals surface area contributed by atoms with Gasteiger partial charge < -0.3 is 26.4 Å². The third-order valence-corrected chi connectivity index (χ3v) is 5.86. The molecule has 1 fully saturated rings. The van der Waals surface area contributed by atoms with Gasteiger partial charge in [-0.2, -0.15) is 0 Å². The van der Waals surface area contributed by atoms with E-state index in [4.69, 9.17) is 0 Å². The lowest BCUT2D eigenvalue weighted by molar-refractivity contribution is -0.913. The first-order valence-electron chi connectivity index (χ1n) is 10.9. The van der Waals surface area contributed by atoms with Crippen molar-refractivity contribution in [3.05, 3.63) is 12.7 Å². The zero-order valence-electron chi connectivity index (χ0n) is 17.5. The summed E-state index contributed by atoms with van der Waals surface area (Å²) in [7, 11) is 2.36. The van der Waals surface area contributed by atoms with E-state index in [2.05, 4.69) is 20.6 Å². The molecule has 0 aliphatic carbocycles. The van der Waals surface area contributed by atoms with Crippen LogP contribution in [0.4, 0.5) is 0 Å². The Morgan fingerprint density at radius 2 is 1.31 bits per heavy atom. The smallest absolute Gasteiger partial charge is 0.246 e. The van der Waals surface area contributed by atoms with Crippen LogP contribution in [0.15, 0.2) is 12.7 Å². The molecule has 1 aliphatic heterocycles. The van der Waals surface area contributed by atoms with Crippen molar-refractivity contribution >= 4 is 5.91 Å². The Morgan fingerprint density at radius 3 is 1.73 bits per heavy atom. The highest BCUT2D eigenvalue weighted by Crippen LogP contribution is 2.15. The third kappa shape index (κ3) is 11.4. The Morgan fingerprint density at radius 1 is 0.885 bits per heavy atom. The maximum Gasteiger partial charge on any atom is 0.246 e. The number of unbranched alkanes of at least 4 members (excludes halogenated alkanes) is 11. The summed E-state index contributed by atoms with van der Waals surface area (Å²) in [6.45, 7) is 11.1. The van der Waals surface area contributed by atoms with E-state index in [-0.39, 0.29) is 22.9 Å². The van der Waals surface area contributed by atoms with Gasteiger partial charge in [-0.3, -0.25) is 4.79 Å². The topological polar surface area (TPSA) is 20.3 Å². The molecular weight excluding hydrogens is 388 g/mol. The molecule has 0 unspecified atom stereocenters. The Balaban J connectivity index is 0.00000625. The molecule has 154 valence electrons. The lowest BCUT2D eigenvalue weighted by Gasteiger charge is -2.42. The molecule has 0 aromatic heterocycles. The fraction of sp³-hybridized carbons (Fsp3) is 0.864. The number of likely N-dealkylation sites (N-methyl/N-ethyl adjacent to an activating group) is 1. The van der Waals surface area contributed by atoms with E-state index in [1.807, 2.05) is 4.90 Å². The van der Waals surface area contributed by atoms with Crippen LogP contribution in [0.25, 0.3) is 0 Å². The second kappa shape index (κ2) is 15.7. The van der Waals surface area contributed by atoms with Crippen LogP contribution in [0, 0.1) is 0 Å². The van der Waals surface area contributed by atoms with Gasteiger partial charge in [-0.15, -0.1) is 0 Å². The molecule has 1 aliphatic rings. The Hall–Kier alpha value is -0.350. The van der Waals surface area contributed by atoms with Crippen molar-refractivity contribution in [1.82, 2.24) is 4.90 Å². The van der Waals surface area contributed by atoms with Crippen LogP contribution in [0.2, 0.25) is 0 Å². The van der Waals surface area contributed by atoms with Gasteiger partial charge in [-0.05, 0) is 18.9 Å². The van der Waals surface area contributed by atoms with Crippen LogP contribution in [-0.4, -0.2) is 55.1 Å². The highest BCUT2D eigenvalue weighted by molar-refractivity contribution is 5.87.